The van der Waals surface area contributed by atoms with Crippen LogP contribution in [0.15, 0.2) is 0 Å². The van der Waals surface area contributed by atoms with Crippen molar-refractivity contribution in [1.82, 2.24) is 0 Å². The molecule has 0 aromatic carbocycles. The Bertz CT molecular complexity index is 343. The SMILES string of the molecule is O.O.O.O.O.O=S(=O)(O)O.O=S(=O)(O)O.O=S(=O)(O)O.[Fe].[Fe]. The Morgan fingerprint density at radius 2 is 0.364 bits per heavy atom. The van der Waals surface area contributed by atoms with Crippen molar-refractivity contribution in [2.75, 3.05) is 0 Å². The molecule has 152 valence electrons. The molecular formula is H16Fe2O17S3. The standard InChI is InChI=1S/2Fe.3H2O4S.5H2O/c;;3*1-5(2,3)4;;;;;/h;;3*(H2,1,2,3,4);5*1H2. The fourth-order valence-corrected chi connectivity index (χ4v) is 0. The van der Waals surface area contributed by atoms with Crippen LogP contribution in [0.25, 0.3) is 0 Å². The molecule has 17 nitrogen and oxygen atoms in total. The first-order valence-corrected chi connectivity index (χ1v) is 6.29. The van der Waals surface area contributed by atoms with Gasteiger partial charge in [-0.1, -0.05) is 0 Å². The van der Waals surface area contributed by atoms with Gasteiger partial charge in [-0.05, 0) is 0 Å². The van der Waals surface area contributed by atoms with Gasteiger partial charge in [0.15, 0.2) is 0 Å². The zero-order valence-corrected chi connectivity index (χ0v) is 14.2. The third-order valence-corrected chi connectivity index (χ3v) is 0. The van der Waals surface area contributed by atoms with E-state index in [2.05, 4.69) is 0 Å². The molecule has 22 heavy (non-hydrogen) atoms. The second-order valence-corrected chi connectivity index (χ2v) is 4.03. The molecule has 0 bridgehead atoms. The summed E-state index contributed by atoms with van der Waals surface area (Å²) >= 11 is 0. The molecule has 0 atom stereocenters. The maximum Gasteiger partial charge on any atom is 0.394 e. The van der Waals surface area contributed by atoms with Crippen molar-refractivity contribution in [3.8, 4) is 0 Å². The smallest absolute Gasteiger partial charge is 0.394 e. The minimum atomic E-state index is -4.67. The number of hydrogen-bond acceptors (Lipinski definition) is 6. The first-order chi connectivity index (χ1) is 6.00. The maximum atomic E-state index is 8.74. The van der Waals surface area contributed by atoms with Gasteiger partial charge in [-0.3, -0.25) is 27.3 Å². The molecule has 0 aliphatic rings. The summed E-state index contributed by atoms with van der Waals surface area (Å²) in [6.45, 7) is 0. The first kappa shape index (κ1) is 66.6. The molecule has 0 fully saturated rings. The topological polar surface area (TPSA) is 381 Å². The molecule has 0 heterocycles. The van der Waals surface area contributed by atoms with Gasteiger partial charge >= 0.3 is 31.2 Å². The predicted molar refractivity (Wildman–Crippen MR) is 60.6 cm³/mol. The van der Waals surface area contributed by atoms with Crippen LogP contribution in [-0.4, -0.2) is 80.0 Å². The second kappa shape index (κ2) is 26.4. The average molecular weight is 496 g/mol. The van der Waals surface area contributed by atoms with Gasteiger partial charge in [0.1, 0.15) is 0 Å². The molecule has 0 aromatic heterocycles. The molecule has 0 aromatic rings. The van der Waals surface area contributed by atoms with E-state index >= 15 is 0 Å². The summed E-state index contributed by atoms with van der Waals surface area (Å²) in [5, 5.41) is 0. The molecule has 0 amide bonds. The van der Waals surface area contributed by atoms with Crippen LogP contribution in [0, 0.1) is 0 Å². The quantitative estimate of drug-likeness (QED) is 0.135. The van der Waals surface area contributed by atoms with Crippen LogP contribution in [0.4, 0.5) is 0 Å². The molecule has 0 spiro atoms. The average Bonchev–Trinajstić information content (AvgIpc) is 1.41. The van der Waals surface area contributed by atoms with E-state index in [1.54, 1.807) is 0 Å². The molecule has 0 saturated carbocycles. The molecule has 0 aliphatic heterocycles. The molecule has 0 unspecified atom stereocenters. The summed E-state index contributed by atoms with van der Waals surface area (Å²) in [5.41, 5.74) is 0. The zero-order valence-electron chi connectivity index (χ0n) is 9.56. The van der Waals surface area contributed by atoms with Gasteiger partial charge in [0, 0.05) is 34.1 Å². The summed E-state index contributed by atoms with van der Waals surface area (Å²) in [6, 6.07) is 0. The van der Waals surface area contributed by atoms with Crippen LogP contribution in [0.1, 0.15) is 0 Å². The molecule has 16 N–H and O–H groups in total. The van der Waals surface area contributed by atoms with Gasteiger partial charge in [-0.2, -0.15) is 25.3 Å². The molecular weight excluding hydrogens is 480 g/mol. The second-order valence-electron chi connectivity index (χ2n) is 1.34. The third kappa shape index (κ3) is 38400. The van der Waals surface area contributed by atoms with E-state index in [9.17, 15) is 0 Å². The van der Waals surface area contributed by atoms with Gasteiger partial charge in [0.25, 0.3) is 0 Å². The van der Waals surface area contributed by atoms with E-state index in [0.29, 0.717) is 0 Å². The molecule has 0 aliphatic carbocycles. The van der Waals surface area contributed by atoms with Crippen molar-refractivity contribution in [2.45, 2.75) is 0 Å². The maximum absolute atomic E-state index is 8.74. The summed E-state index contributed by atoms with van der Waals surface area (Å²) < 4.78 is 94.8. The largest absolute Gasteiger partial charge is 0.412 e. The number of rotatable bonds is 0. The Morgan fingerprint density at radius 3 is 0.364 bits per heavy atom. The number of hydrogen-bond donors (Lipinski definition) is 6. The summed E-state index contributed by atoms with van der Waals surface area (Å²) in [4.78, 5) is 0. The van der Waals surface area contributed by atoms with Crippen molar-refractivity contribution in [2.24, 2.45) is 0 Å². The van der Waals surface area contributed by atoms with E-state index in [1.165, 1.54) is 0 Å². The Hall–Kier alpha value is 0.449. The fourth-order valence-electron chi connectivity index (χ4n) is 0. The van der Waals surface area contributed by atoms with Crippen LogP contribution in [0.2, 0.25) is 0 Å². The van der Waals surface area contributed by atoms with E-state index < -0.39 is 31.2 Å². The van der Waals surface area contributed by atoms with Crippen LogP contribution in [-0.2, 0) is 65.3 Å². The van der Waals surface area contributed by atoms with E-state index in [0.717, 1.165) is 0 Å². The van der Waals surface area contributed by atoms with Gasteiger partial charge < -0.3 is 27.4 Å². The van der Waals surface area contributed by atoms with Crippen molar-refractivity contribution >= 4 is 31.2 Å². The molecule has 22 heteroatoms. The Morgan fingerprint density at radius 1 is 0.364 bits per heavy atom. The van der Waals surface area contributed by atoms with Crippen LogP contribution < -0.4 is 0 Å². The Balaban J connectivity index is -0.0000000106. The molecule has 0 rings (SSSR count). The van der Waals surface area contributed by atoms with Crippen molar-refractivity contribution in [1.29, 1.82) is 0 Å². The summed E-state index contributed by atoms with van der Waals surface area (Å²) in [5.74, 6) is 0. The van der Waals surface area contributed by atoms with Crippen LogP contribution in [0.5, 0.6) is 0 Å². The predicted octanol–water partition coefficient (Wildman–Crippen LogP) is -6.09. The summed E-state index contributed by atoms with van der Waals surface area (Å²) in [6.07, 6.45) is 0. The zero-order chi connectivity index (χ0) is 13.5. The molecule has 0 saturated heterocycles. The third-order valence-electron chi connectivity index (χ3n) is 0. The van der Waals surface area contributed by atoms with Crippen molar-refractivity contribution in [3.63, 3.8) is 0 Å². The fraction of sp³-hybridized carbons (Fsp3) is 0. The van der Waals surface area contributed by atoms with Gasteiger partial charge in [-0.15, -0.1) is 0 Å². The van der Waals surface area contributed by atoms with E-state index in [-0.39, 0.29) is 61.5 Å². The normalized spacial score (nSPS) is 7.91. The van der Waals surface area contributed by atoms with Gasteiger partial charge in [-0.25, -0.2) is 0 Å². The van der Waals surface area contributed by atoms with Crippen LogP contribution >= 0.6 is 0 Å². The molecule has 0 radical (unpaired) electrons. The Kier molecular flexibility index (Phi) is 79.8. The minimum Gasteiger partial charge on any atom is -0.412 e. The Labute approximate surface area is 145 Å². The van der Waals surface area contributed by atoms with Crippen molar-refractivity contribution in [3.05, 3.63) is 0 Å². The first-order valence-electron chi connectivity index (χ1n) is 2.10. The summed E-state index contributed by atoms with van der Waals surface area (Å²) in [7, 11) is -14.0. The van der Waals surface area contributed by atoms with Gasteiger partial charge in [0.05, 0.1) is 0 Å². The van der Waals surface area contributed by atoms with E-state index in [4.69, 9.17) is 52.6 Å². The van der Waals surface area contributed by atoms with Crippen LogP contribution in [0.3, 0.4) is 0 Å². The van der Waals surface area contributed by atoms with Crippen molar-refractivity contribution < 1.29 is 114 Å². The van der Waals surface area contributed by atoms with Gasteiger partial charge in [0.2, 0.25) is 0 Å². The van der Waals surface area contributed by atoms with E-state index in [1.807, 2.05) is 0 Å². The monoisotopic (exact) mass is 496 g/mol. The minimum absolute atomic E-state index is 0.